The lowest BCUT2D eigenvalue weighted by molar-refractivity contribution is -0.234. The molecule has 2 aliphatic heterocycles. The fraction of sp³-hybridized carbons (Fsp3) is 0.524. The Kier molecular flexibility index (Phi) is 6.17. The summed E-state index contributed by atoms with van der Waals surface area (Å²) in [5.41, 5.74) is 0.759. The van der Waals surface area contributed by atoms with Crippen LogP contribution in [0.2, 0.25) is 0 Å². The second-order valence-electron chi connectivity index (χ2n) is 8.23. The maximum Gasteiger partial charge on any atom is 0.416 e. The molecule has 1 amide bonds. The number of halogens is 3. The largest absolute Gasteiger partial charge is 0.416 e. The number of carbonyl (C=O) groups is 1. The van der Waals surface area contributed by atoms with Crippen LogP contribution in [0.3, 0.4) is 0 Å². The third-order valence-corrected chi connectivity index (χ3v) is 5.88. The number of rotatable bonds is 4. The first kappa shape index (κ1) is 22.2. The van der Waals surface area contributed by atoms with E-state index in [1.165, 1.54) is 17.3 Å². The van der Waals surface area contributed by atoms with Crippen LogP contribution in [0.15, 0.2) is 24.5 Å². The van der Waals surface area contributed by atoms with Crippen molar-refractivity contribution in [2.24, 2.45) is 5.92 Å². The first-order valence-electron chi connectivity index (χ1n) is 10.3. The van der Waals surface area contributed by atoms with Gasteiger partial charge in [-0.25, -0.2) is 4.98 Å². The third-order valence-electron chi connectivity index (χ3n) is 5.88. The van der Waals surface area contributed by atoms with E-state index in [0.717, 1.165) is 19.5 Å². The summed E-state index contributed by atoms with van der Waals surface area (Å²) in [5, 5.41) is 12.5. The molecule has 1 N–H and O–H groups in total. The topological polar surface area (TPSA) is 94.4 Å². The molecular weight excluding hydrogens is 425 g/mol. The number of hydrogen-bond acceptors (Lipinski definition) is 7. The van der Waals surface area contributed by atoms with E-state index in [9.17, 15) is 23.2 Å². The van der Waals surface area contributed by atoms with E-state index in [2.05, 4.69) is 20.2 Å². The summed E-state index contributed by atoms with van der Waals surface area (Å²) in [6.45, 7) is 1.60. The molecule has 0 radical (unpaired) electrons. The Morgan fingerprint density at radius 2 is 2.16 bits per heavy atom. The van der Waals surface area contributed by atoms with Crippen LogP contribution in [0.5, 0.6) is 0 Å². The summed E-state index contributed by atoms with van der Waals surface area (Å²) >= 11 is 0. The molecule has 0 bridgehead atoms. The van der Waals surface area contributed by atoms with Gasteiger partial charge in [0.15, 0.2) is 17.9 Å². The number of nitrogens with zero attached hydrogens (tertiary/aromatic N) is 5. The lowest BCUT2D eigenvalue weighted by atomic mass is 10.1. The molecule has 0 saturated carbocycles. The molecule has 0 spiro atoms. The number of morpholine rings is 1. The lowest BCUT2D eigenvalue weighted by Crippen LogP contribution is -2.57. The molecule has 8 nitrogen and oxygen atoms in total. The van der Waals surface area contributed by atoms with Gasteiger partial charge in [0.1, 0.15) is 11.6 Å². The SMILES string of the molecule is CN1CCC(CNC(=O)C2CN(c3cnc(C#N)c4ncccc34)CC(C(F)(F)F)O2)C1. The van der Waals surface area contributed by atoms with Crippen LogP contribution in [0.25, 0.3) is 10.9 Å². The van der Waals surface area contributed by atoms with Crippen LogP contribution in [0.4, 0.5) is 18.9 Å². The van der Waals surface area contributed by atoms with Crippen molar-refractivity contribution >= 4 is 22.5 Å². The quantitative estimate of drug-likeness (QED) is 0.761. The Balaban J connectivity index is 1.58. The zero-order valence-electron chi connectivity index (χ0n) is 17.5. The summed E-state index contributed by atoms with van der Waals surface area (Å²) in [6, 6.07) is 5.25. The zero-order chi connectivity index (χ0) is 22.9. The van der Waals surface area contributed by atoms with Crippen molar-refractivity contribution in [2.45, 2.75) is 24.8 Å². The van der Waals surface area contributed by atoms with Crippen molar-refractivity contribution in [3.05, 3.63) is 30.2 Å². The van der Waals surface area contributed by atoms with Crippen LogP contribution < -0.4 is 10.2 Å². The summed E-state index contributed by atoms with van der Waals surface area (Å²) in [7, 11) is 1.99. The summed E-state index contributed by atoms with van der Waals surface area (Å²) in [4.78, 5) is 24.5. The van der Waals surface area contributed by atoms with Crippen LogP contribution in [-0.4, -0.2) is 78.9 Å². The number of ether oxygens (including phenoxy) is 1. The molecule has 0 aliphatic carbocycles. The maximum atomic E-state index is 13.6. The van der Waals surface area contributed by atoms with E-state index in [4.69, 9.17) is 4.74 Å². The minimum absolute atomic E-state index is 0.0689. The molecule has 4 heterocycles. The normalized spacial score (nSPS) is 24.5. The van der Waals surface area contributed by atoms with Crippen LogP contribution in [-0.2, 0) is 9.53 Å². The van der Waals surface area contributed by atoms with Gasteiger partial charge in [-0.3, -0.25) is 9.78 Å². The molecule has 11 heteroatoms. The van der Waals surface area contributed by atoms with E-state index in [1.807, 2.05) is 13.1 Å². The average molecular weight is 448 g/mol. The van der Waals surface area contributed by atoms with E-state index in [-0.39, 0.29) is 18.2 Å². The zero-order valence-corrected chi connectivity index (χ0v) is 17.5. The molecule has 3 atom stereocenters. The molecule has 0 aromatic carbocycles. The molecule has 4 rings (SSSR count). The van der Waals surface area contributed by atoms with Crippen LogP contribution in [0, 0.1) is 17.2 Å². The second-order valence-corrected chi connectivity index (χ2v) is 8.23. The van der Waals surface area contributed by atoms with Crippen molar-refractivity contribution < 1.29 is 22.7 Å². The van der Waals surface area contributed by atoms with Gasteiger partial charge in [-0.15, -0.1) is 0 Å². The number of hydrogen-bond donors (Lipinski definition) is 1. The Labute approximate surface area is 183 Å². The maximum absolute atomic E-state index is 13.6. The number of fused-ring (bicyclic) bond motifs is 1. The Bertz CT molecular complexity index is 1040. The molecule has 2 fully saturated rings. The number of amides is 1. The van der Waals surface area contributed by atoms with Gasteiger partial charge in [-0.2, -0.15) is 18.4 Å². The van der Waals surface area contributed by atoms with Gasteiger partial charge in [0.05, 0.1) is 25.0 Å². The monoisotopic (exact) mass is 448 g/mol. The van der Waals surface area contributed by atoms with Crippen molar-refractivity contribution in [3.8, 4) is 6.07 Å². The number of pyridine rings is 2. The van der Waals surface area contributed by atoms with Crippen molar-refractivity contribution in [2.75, 3.05) is 44.7 Å². The molecule has 2 aliphatic rings. The van der Waals surface area contributed by atoms with Gasteiger partial charge < -0.3 is 19.9 Å². The highest BCUT2D eigenvalue weighted by Crippen LogP contribution is 2.33. The standard InChI is InChI=1S/C21H23F3N6O2/c1-29-6-4-13(10-29)8-28-20(31)17-11-30(12-18(32-17)21(22,23)24)16-9-27-15(7-25)19-14(16)3-2-5-26-19/h2-3,5,9,13,17-18H,4,6,8,10-12H2,1H3,(H,28,31). The predicted molar refractivity (Wildman–Crippen MR) is 110 cm³/mol. The van der Waals surface area contributed by atoms with E-state index >= 15 is 0 Å². The van der Waals surface area contributed by atoms with Crippen LogP contribution >= 0.6 is 0 Å². The van der Waals surface area contributed by atoms with Crippen LogP contribution in [0.1, 0.15) is 12.1 Å². The number of nitrogens with one attached hydrogen (secondary N) is 1. The van der Waals surface area contributed by atoms with E-state index in [0.29, 0.717) is 23.1 Å². The van der Waals surface area contributed by atoms with E-state index in [1.54, 1.807) is 12.1 Å². The Morgan fingerprint density at radius 1 is 1.34 bits per heavy atom. The fourth-order valence-electron chi connectivity index (χ4n) is 4.22. The molecule has 3 unspecified atom stereocenters. The third kappa shape index (κ3) is 4.61. The van der Waals surface area contributed by atoms with E-state index < -0.39 is 30.8 Å². The highest BCUT2D eigenvalue weighted by Gasteiger charge is 2.47. The Hall–Kier alpha value is -2.97. The minimum atomic E-state index is -4.64. The lowest BCUT2D eigenvalue weighted by Gasteiger charge is -2.39. The molecule has 2 aromatic rings. The number of likely N-dealkylation sites (tertiary alicyclic amines) is 1. The van der Waals surface area contributed by atoms with Gasteiger partial charge in [-0.1, -0.05) is 0 Å². The summed E-state index contributed by atoms with van der Waals surface area (Å²) < 4.78 is 46.0. The Morgan fingerprint density at radius 3 is 2.84 bits per heavy atom. The second kappa shape index (κ2) is 8.88. The van der Waals surface area contributed by atoms with Crippen molar-refractivity contribution in [1.82, 2.24) is 20.2 Å². The number of carbonyl (C=O) groups excluding carboxylic acids is 1. The van der Waals surface area contributed by atoms with Crippen molar-refractivity contribution in [1.29, 1.82) is 5.26 Å². The fourth-order valence-corrected chi connectivity index (χ4v) is 4.22. The van der Waals surface area contributed by atoms with Crippen molar-refractivity contribution in [3.63, 3.8) is 0 Å². The van der Waals surface area contributed by atoms with Gasteiger partial charge in [-0.05, 0) is 38.1 Å². The van der Waals surface area contributed by atoms with Gasteiger partial charge in [0.2, 0.25) is 0 Å². The number of anilines is 1. The smallest absolute Gasteiger partial charge is 0.364 e. The predicted octanol–water partition coefficient (Wildman–Crippen LogP) is 1.71. The first-order valence-corrected chi connectivity index (χ1v) is 10.3. The number of alkyl halides is 3. The molecular formula is C21H23F3N6O2. The minimum Gasteiger partial charge on any atom is -0.364 e. The summed E-state index contributed by atoms with van der Waals surface area (Å²) in [5.74, 6) is -0.303. The number of aromatic nitrogens is 2. The van der Waals surface area contributed by atoms with Gasteiger partial charge in [0, 0.05) is 24.7 Å². The highest BCUT2D eigenvalue weighted by molar-refractivity contribution is 5.94. The average Bonchev–Trinajstić information content (AvgIpc) is 3.20. The highest BCUT2D eigenvalue weighted by atomic mass is 19.4. The van der Waals surface area contributed by atoms with Gasteiger partial charge in [0.25, 0.3) is 5.91 Å². The first-order chi connectivity index (χ1) is 15.3. The molecule has 32 heavy (non-hydrogen) atoms. The number of nitriles is 1. The van der Waals surface area contributed by atoms with Gasteiger partial charge >= 0.3 is 6.18 Å². The molecule has 170 valence electrons. The molecule has 2 aromatic heterocycles. The molecule has 2 saturated heterocycles. The summed E-state index contributed by atoms with van der Waals surface area (Å²) in [6.07, 6.45) is -4.30.